The van der Waals surface area contributed by atoms with Crippen LogP contribution >= 0.6 is 23.2 Å². The summed E-state index contributed by atoms with van der Waals surface area (Å²) in [6.45, 7) is 6.62. The SMILES string of the molecule is CC(=O)NC1(c2ccccc2)CCN(C[C@@H]2C[C@@]2(C(=O)N(C)Cc2ccccc2)c2ccc(Cl)c(Cl)c2)CC1.C[C@H](N)c1ccccc1. The number of carbonyl (C=O) groups excluding carboxylic acids is 2. The number of hydrogen-bond acceptors (Lipinski definition) is 4. The van der Waals surface area contributed by atoms with Gasteiger partial charge in [0.15, 0.2) is 0 Å². The van der Waals surface area contributed by atoms with Gasteiger partial charge >= 0.3 is 0 Å². The Morgan fingerprint density at radius 1 is 0.875 bits per heavy atom. The highest BCUT2D eigenvalue weighted by molar-refractivity contribution is 6.42. The number of halogens is 2. The molecule has 8 heteroatoms. The van der Waals surface area contributed by atoms with E-state index in [0.717, 1.165) is 55.6 Å². The van der Waals surface area contributed by atoms with Gasteiger partial charge in [0.2, 0.25) is 11.8 Å². The standard InChI is InChI=1S/C32H35Cl2N3O2.C8H11N/c1-23(38)35-31(25-11-7-4-8-12-25)15-17-37(18-16-31)22-27-20-32(27,26-13-14-28(33)29(34)19-26)30(39)36(2)21-24-9-5-3-6-10-24;1-7(9)8-5-3-2-4-6-8/h3-14,19,27H,15-18,20-22H2,1-2H3,(H,35,38);2-7H,9H2,1H3/t27-,32+;7-/m00/s1. The molecule has 4 aromatic carbocycles. The monoisotopic (exact) mass is 684 g/mol. The molecule has 2 aliphatic rings. The number of nitrogens with zero attached hydrogens (tertiary/aromatic N) is 2. The molecule has 48 heavy (non-hydrogen) atoms. The molecule has 1 saturated carbocycles. The molecule has 252 valence electrons. The van der Waals surface area contributed by atoms with Gasteiger partial charge in [0, 0.05) is 46.2 Å². The summed E-state index contributed by atoms with van der Waals surface area (Å²) in [4.78, 5) is 30.5. The van der Waals surface area contributed by atoms with Crippen molar-refractivity contribution in [2.24, 2.45) is 11.7 Å². The molecule has 0 bridgehead atoms. The second-order valence-corrected chi connectivity index (χ2v) is 14.1. The smallest absolute Gasteiger partial charge is 0.233 e. The van der Waals surface area contributed by atoms with Crippen molar-refractivity contribution in [3.63, 3.8) is 0 Å². The van der Waals surface area contributed by atoms with Crippen LogP contribution in [0.2, 0.25) is 10.0 Å². The first kappa shape index (κ1) is 35.6. The van der Waals surface area contributed by atoms with E-state index in [-0.39, 0.29) is 29.3 Å². The van der Waals surface area contributed by atoms with Gasteiger partial charge in [0.25, 0.3) is 0 Å². The van der Waals surface area contributed by atoms with Crippen LogP contribution in [0.15, 0.2) is 109 Å². The maximum absolute atomic E-state index is 14.1. The molecule has 6 rings (SSSR count). The Balaban J connectivity index is 0.000000434. The molecule has 1 heterocycles. The highest BCUT2D eigenvalue weighted by Crippen LogP contribution is 2.57. The molecule has 0 radical (unpaired) electrons. The van der Waals surface area contributed by atoms with E-state index in [9.17, 15) is 9.59 Å². The molecule has 0 unspecified atom stereocenters. The Hall–Kier alpha value is -3.68. The molecule has 6 nitrogen and oxygen atoms in total. The van der Waals surface area contributed by atoms with E-state index in [4.69, 9.17) is 28.9 Å². The number of piperidine rings is 1. The first-order valence-electron chi connectivity index (χ1n) is 16.7. The average molecular weight is 686 g/mol. The lowest BCUT2D eigenvalue weighted by Crippen LogP contribution is -2.53. The second kappa shape index (κ2) is 15.7. The topological polar surface area (TPSA) is 78.7 Å². The van der Waals surface area contributed by atoms with E-state index in [1.807, 2.05) is 110 Å². The van der Waals surface area contributed by atoms with Gasteiger partial charge in [0.05, 0.1) is 21.0 Å². The molecule has 3 atom stereocenters. The fourth-order valence-electron chi connectivity index (χ4n) is 7.10. The molecule has 0 spiro atoms. The van der Waals surface area contributed by atoms with Crippen molar-refractivity contribution < 1.29 is 9.59 Å². The highest BCUT2D eigenvalue weighted by Gasteiger charge is 2.62. The van der Waals surface area contributed by atoms with Crippen molar-refractivity contribution in [1.29, 1.82) is 0 Å². The molecule has 4 aromatic rings. The Kier molecular flexibility index (Phi) is 11.6. The molecule has 3 N–H and O–H groups in total. The van der Waals surface area contributed by atoms with Crippen LogP contribution in [0.3, 0.4) is 0 Å². The Morgan fingerprint density at radius 3 is 2.00 bits per heavy atom. The zero-order valence-corrected chi connectivity index (χ0v) is 29.6. The zero-order chi connectivity index (χ0) is 34.3. The number of hydrogen-bond donors (Lipinski definition) is 2. The Labute approximate surface area is 295 Å². The largest absolute Gasteiger partial charge is 0.347 e. The third-order valence-electron chi connectivity index (χ3n) is 9.79. The van der Waals surface area contributed by atoms with Gasteiger partial charge in [-0.15, -0.1) is 0 Å². The van der Waals surface area contributed by atoms with Crippen LogP contribution in [0.5, 0.6) is 0 Å². The van der Waals surface area contributed by atoms with Crippen molar-refractivity contribution in [3.05, 3.63) is 141 Å². The fourth-order valence-corrected chi connectivity index (χ4v) is 7.40. The Morgan fingerprint density at radius 2 is 1.46 bits per heavy atom. The minimum Gasteiger partial charge on any atom is -0.347 e. The first-order chi connectivity index (χ1) is 23.0. The molecule has 2 fully saturated rings. The molecular weight excluding hydrogens is 639 g/mol. The van der Waals surface area contributed by atoms with Gasteiger partial charge in [-0.25, -0.2) is 0 Å². The average Bonchev–Trinajstić information content (AvgIpc) is 3.82. The number of carbonyl (C=O) groups is 2. The number of benzene rings is 4. The molecule has 1 aliphatic carbocycles. The van der Waals surface area contributed by atoms with Crippen LogP contribution in [0.25, 0.3) is 0 Å². The van der Waals surface area contributed by atoms with Crippen molar-refractivity contribution >= 4 is 35.0 Å². The van der Waals surface area contributed by atoms with Gasteiger partial charge in [-0.05, 0) is 66.5 Å². The predicted octanol–water partition coefficient (Wildman–Crippen LogP) is 7.74. The quantitative estimate of drug-likeness (QED) is 0.189. The summed E-state index contributed by atoms with van der Waals surface area (Å²) in [5, 5.41) is 4.22. The maximum atomic E-state index is 14.1. The van der Waals surface area contributed by atoms with Crippen LogP contribution in [0.1, 0.15) is 61.4 Å². The first-order valence-corrected chi connectivity index (χ1v) is 17.4. The molecular formula is C40H46Cl2N4O2. The number of likely N-dealkylation sites (tertiary alicyclic amines) is 1. The van der Waals surface area contributed by atoms with E-state index in [0.29, 0.717) is 16.6 Å². The number of rotatable bonds is 9. The lowest BCUT2D eigenvalue weighted by Gasteiger charge is -2.43. The molecule has 2 amide bonds. The summed E-state index contributed by atoms with van der Waals surface area (Å²) >= 11 is 12.7. The van der Waals surface area contributed by atoms with Crippen molar-refractivity contribution in [1.82, 2.24) is 15.1 Å². The summed E-state index contributed by atoms with van der Waals surface area (Å²) in [6, 6.07) is 36.1. The van der Waals surface area contributed by atoms with Crippen molar-refractivity contribution in [2.45, 2.75) is 56.7 Å². The van der Waals surface area contributed by atoms with Gasteiger partial charge < -0.3 is 20.9 Å². The third-order valence-corrected chi connectivity index (χ3v) is 10.5. The number of nitrogens with two attached hydrogens (primary N) is 1. The maximum Gasteiger partial charge on any atom is 0.233 e. The summed E-state index contributed by atoms with van der Waals surface area (Å²) in [5.74, 6) is 0.272. The number of nitrogens with one attached hydrogen (secondary N) is 1. The van der Waals surface area contributed by atoms with Crippen LogP contribution < -0.4 is 11.1 Å². The fraction of sp³-hybridized carbons (Fsp3) is 0.350. The van der Waals surface area contributed by atoms with Gasteiger partial charge in [-0.2, -0.15) is 0 Å². The molecule has 1 saturated heterocycles. The molecule has 1 aliphatic heterocycles. The van der Waals surface area contributed by atoms with E-state index in [2.05, 4.69) is 22.3 Å². The Bertz CT molecular complexity index is 1660. The normalized spacial score (nSPS) is 20.5. The van der Waals surface area contributed by atoms with Crippen LogP contribution in [0, 0.1) is 5.92 Å². The van der Waals surface area contributed by atoms with Crippen molar-refractivity contribution in [3.8, 4) is 0 Å². The van der Waals surface area contributed by atoms with Crippen LogP contribution in [-0.2, 0) is 27.1 Å². The van der Waals surface area contributed by atoms with Gasteiger partial charge in [-0.3, -0.25) is 9.59 Å². The lowest BCUT2D eigenvalue weighted by molar-refractivity contribution is -0.133. The van der Waals surface area contributed by atoms with E-state index >= 15 is 0 Å². The van der Waals surface area contributed by atoms with E-state index in [1.165, 1.54) is 5.56 Å². The van der Waals surface area contributed by atoms with E-state index < -0.39 is 5.41 Å². The van der Waals surface area contributed by atoms with Gasteiger partial charge in [-0.1, -0.05) is 120 Å². The van der Waals surface area contributed by atoms with Crippen molar-refractivity contribution in [2.75, 3.05) is 26.7 Å². The molecule has 0 aromatic heterocycles. The van der Waals surface area contributed by atoms with Crippen LogP contribution in [-0.4, -0.2) is 48.3 Å². The van der Waals surface area contributed by atoms with Gasteiger partial charge in [0.1, 0.15) is 0 Å². The predicted molar refractivity (Wildman–Crippen MR) is 196 cm³/mol. The minimum absolute atomic E-state index is 0.0137. The van der Waals surface area contributed by atoms with Crippen LogP contribution in [0.4, 0.5) is 0 Å². The summed E-state index contributed by atoms with van der Waals surface area (Å²) < 4.78 is 0. The second-order valence-electron chi connectivity index (χ2n) is 13.3. The summed E-state index contributed by atoms with van der Waals surface area (Å²) in [6.07, 6.45) is 2.42. The van der Waals surface area contributed by atoms with E-state index in [1.54, 1.807) is 13.0 Å². The summed E-state index contributed by atoms with van der Waals surface area (Å²) in [5.41, 5.74) is 9.00. The minimum atomic E-state index is -0.622. The highest BCUT2D eigenvalue weighted by atomic mass is 35.5. The zero-order valence-electron chi connectivity index (χ0n) is 28.0. The summed E-state index contributed by atoms with van der Waals surface area (Å²) in [7, 11) is 1.88. The third kappa shape index (κ3) is 8.30. The number of likely N-dealkylation sites (N-methyl/N-ethyl adjacent to an activating group) is 1. The lowest BCUT2D eigenvalue weighted by atomic mass is 9.80. The number of amides is 2.